The Morgan fingerprint density at radius 2 is 2.00 bits per heavy atom. The molecule has 0 saturated carbocycles. The van der Waals surface area contributed by atoms with Gasteiger partial charge in [-0.15, -0.1) is 0 Å². The molecular formula is C15H21BrN2O4S. The molecule has 0 unspecified atom stereocenters. The predicted molar refractivity (Wildman–Crippen MR) is 92.0 cm³/mol. The molecule has 1 aromatic carbocycles. The van der Waals surface area contributed by atoms with E-state index in [4.69, 9.17) is 0 Å². The van der Waals surface area contributed by atoms with E-state index in [1.807, 2.05) is 6.92 Å². The summed E-state index contributed by atoms with van der Waals surface area (Å²) in [5.74, 6) is -0.148. The van der Waals surface area contributed by atoms with Crippen molar-refractivity contribution in [2.24, 2.45) is 5.92 Å². The number of rotatable bonds is 4. The first kappa shape index (κ1) is 18.2. The third-order valence-electron chi connectivity index (χ3n) is 4.05. The number of halogens is 1. The van der Waals surface area contributed by atoms with Gasteiger partial charge < -0.3 is 10.4 Å². The highest BCUT2D eigenvalue weighted by Gasteiger charge is 2.25. The Labute approximate surface area is 145 Å². The van der Waals surface area contributed by atoms with Gasteiger partial charge in [0.25, 0.3) is 5.91 Å². The van der Waals surface area contributed by atoms with Gasteiger partial charge >= 0.3 is 0 Å². The van der Waals surface area contributed by atoms with E-state index in [1.54, 1.807) is 12.1 Å². The first-order valence-electron chi connectivity index (χ1n) is 7.41. The zero-order chi connectivity index (χ0) is 17.2. The minimum absolute atomic E-state index is 0.0694. The van der Waals surface area contributed by atoms with Crippen LogP contribution in [0, 0.1) is 12.8 Å². The van der Waals surface area contributed by atoms with Crippen molar-refractivity contribution in [1.82, 2.24) is 9.62 Å². The van der Waals surface area contributed by atoms with E-state index >= 15 is 0 Å². The Morgan fingerprint density at radius 1 is 1.39 bits per heavy atom. The van der Waals surface area contributed by atoms with Crippen molar-refractivity contribution in [3.05, 3.63) is 27.7 Å². The smallest absolute Gasteiger partial charge is 0.255 e. The van der Waals surface area contributed by atoms with Crippen molar-refractivity contribution in [3.8, 4) is 5.75 Å². The fourth-order valence-corrected chi connectivity index (χ4v) is 4.13. The Balaban J connectivity index is 1.91. The summed E-state index contributed by atoms with van der Waals surface area (Å²) >= 11 is 3.23. The number of nitrogens with one attached hydrogen (secondary N) is 1. The van der Waals surface area contributed by atoms with Crippen LogP contribution in [0.2, 0.25) is 0 Å². The number of carbonyl (C=O) groups is 1. The maximum absolute atomic E-state index is 12.2. The molecule has 1 saturated heterocycles. The fourth-order valence-electron chi connectivity index (χ4n) is 2.68. The first-order valence-corrected chi connectivity index (χ1v) is 10.0. The van der Waals surface area contributed by atoms with Crippen LogP contribution in [-0.2, 0) is 10.0 Å². The molecule has 1 aliphatic heterocycles. The lowest BCUT2D eigenvalue weighted by Gasteiger charge is -2.30. The number of amides is 1. The minimum Gasteiger partial charge on any atom is -0.506 e. The van der Waals surface area contributed by atoms with Crippen LogP contribution in [-0.4, -0.2) is 49.6 Å². The van der Waals surface area contributed by atoms with E-state index in [1.165, 1.54) is 10.6 Å². The number of aryl methyl sites for hydroxylation is 1. The Hall–Kier alpha value is -1.12. The SMILES string of the molecule is Cc1cc(Br)c(O)c(C(=O)NCC2CCN(S(C)(=O)=O)CC2)c1. The molecular weight excluding hydrogens is 384 g/mol. The molecule has 2 rings (SSSR count). The summed E-state index contributed by atoms with van der Waals surface area (Å²) in [6.07, 6.45) is 2.65. The largest absolute Gasteiger partial charge is 0.506 e. The van der Waals surface area contributed by atoms with Crippen LogP contribution in [0.5, 0.6) is 5.75 Å². The number of hydrogen-bond donors (Lipinski definition) is 2. The van der Waals surface area contributed by atoms with E-state index in [2.05, 4.69) is 21.2 Å². The molecule has 2 N–H and O–H groups in total. The second-order valence-corrected chi connectivity index (χ2v) is 8.80. The number of aromatic hydroxyl groups is 1. The average Bonchev–Trinajstić information content (AvgIpc) is 2.48. The quantitative estimate of drug-likeness (QED) is 0.801. The molecule has 0 spiro atoms. The van der Waals surface area contributed by atoms with Crippen LogP contribution >= 0.6 is 15.9 Å². The van der Waals surface area contributed by atoms with Gasteiger partial charge in [0.1, 0.15) is 5.75 Å². The summed E-state index contributed by atoms with van der Waals surface area (Å²) in [6.45, 7) is 3.30. The zero-order valence-corrected chi connectivity index (χ0v) is 15.6. The molecule has 128 valence electrons. The molecule has 8 heteroatoms. The molecule has 23 heavy (non-hydrogen) atoms. The van der Waals surface area contributed by atoms with E-state index in [-0.39, 0.29) is 23.1 Å². The summed E-state index contributed by atoms with van der Waals surface area (Å²) in [7, 11) is -3.13. The summed E-state index contributed by atoms with van der Waals surface area (Å²) in [5, 5.41) is 12.8. The zero-order valence-electron chi connectivity index (χ0n) is 13.2. The molecule has 1 heterocycles. The van der Waals surface area contributed by atoms with Gasteiger partial charge in [-0.05, 0) is 59.3 Å². The monoisotopic (exact) mass is 404 g/mol. The highest BCUT2D eigenvalue weighted by Crippen LogP contribution is 2.29. The molecule has 1 aromatic rings. The number of hydrogen-bond acceptors (Lipinski definition) is 4. The van der Waals surface area contributed by atoms with Crippen molar-refractivity contribution < 1.29 is 18.3 Å². The lowest BCUT2D eigenvalue weighted by atomic mass is 9.98. The van der Waals surface area contributed by atoms with Crippen LogP contribution < -0.4 is 5.32 Å². The highest BCUT2D eigenvalue weighted by atomic mass is 79.9. The summed E-state index contributed by atoms with van der Waals surface area (Å²) in [6, 6.07) is 3.38. The van der Waals surface area contributed by atoms with E-state index < -0.39 is 10.0 Å². The number of nitrogens with zero attached hydrogens (tertiary/aromatic N) is 1. The van der Waals surface area contributed by atoms with Crippen molar-refractivity contribution in [1.29, 1.82) is 0 Å². The van der Waals surface area contributed by atoms with Crippen LogP contribution in [0.3, 0.4) is 0 Å². The maximum atomic E-state index is 12.2. The number of phenolic OH excluding ortho intramolecular Hbond substituents is 1. The van der Waals surface area contributed by atoms with E-state index in [9.17, 15) is 18.3 Å². The molecule has 0 bridgehead atoms. The summed E-state index contributed by atoms with van der Waals surface area (Å²) < 4.78 is 24.9. The Bertz CT molecular complexity index is 698. The Kier molecular flexibility index (Phi) is 5.70. The van der Waals surface area contributed by atoms with Gasteiger partial charge in [0.2, 0.25) is 10.0 Å². The number of phenols is 1. The number of piperidine rings is 1. The number of sulfonamides is 1. The van der Waals surface area contributed by atoms with Crippen LogP contribution in [0.15, 0.2) is 16.6 Å². The molecule has 1 fully saturated rings. The molecule has 1 aliphatic rings. The van der Waals surface area contributed by atoms with E-state index in [0.29, 0.717) is 24.1 Å². The lowest BCUT2D eigenvalue weighted by Crippen LogP contribution is -2.41. The second-order valence-electron chi connectivity index (χ2n) is 5.96. The molecule has 0 aliphatic carbocycles. The van der Waals surface area contributed by atoms with Crippen LogP contribution in [0.4, 0.5) is 0 Å². The van der Waals surface area contributed by atoms with Gasteiger partial charge in [-0.3, -0.25) is 4.79 Å². The summed E-state index contributed by atoms with van der Waals surface area (Å²) in [4.78, 5) is 12.2. The highest BCUT2D eigenvalue weighted by molar-refractivity contribution is 9.10. The average molecular weight is 405 g/mol. The van der Waals surface area contributed by atoms with E-state index in [0.717, 1.165) is 18.4 Å². The normalized spacial score (nSPS) is 17.2. The van der Waals surface area contributed by atoms with Crippen molar-refractivity contribution in [3.63, 3.8) is 0 Å². The lowest BCUT2D eigenvalue weighted by molar-refractivity contribution is 0.0938. The number of benzene rings is 1. The van der Waals surface area contributed by atoms with Gasteiger partial charge in [-0.2, -0.15) is 0 Å². The fraction of sp³-hybridized carbons (Fsp3) is 0.533. The van der Waals surface area contributed by atoms with Crippen molar-refractivity contribution in [2.75, 3.05) is 25.9 Å². The standard InChI is InChI=1S/C15H21BrN2O4S/c1-10-7-12(14(19)13(16)8-10)15(20)17-9-11-3-5-18(6-4-11)23(2,21)22/h7-8,11,19H,3-6,9H2,1-2H3,(H,17,20). The third kappa shape index (κ3) is 4.68. The summed E-state index contributed by atoms with van der Waals surface area (Å²) in [5.41, 5.74) is 1.12. The van der Waals surface area contributed by atoms with Crippen molar-refractivity contribution in [2.45, 2.75) is 19.8 Å². The maximum Gasteiger partial charge on any atom is 0.255 e. The van der Waals surface area contributed by atoms with Crippen LogP contribution in [0.1, 0.15) is 28.8 Å². The molecule has 6 nitrogen and oxygen atoms in total. The molecule has 0 atom stereocenters. The second kappa shape index (κ2) is 7.19. The van der Waals surface area contributed by atoms with Gasteiger partial charge in [0, 0.05) is 19.6 Å². The Morgan fingerprint density at radius 3 is 2.57 bits per heavy atom. The predicted octanol–water partition coefficient (Wildman–Crippen LogP) is 1.86. The van der Waals surface area contributed by atoms with Gasteiger partial charge in [0.05, 0.1) is 16.3 Å². The minimum atomic E-state index is -3.13. The number of carbonyl (C=O) groups excluding carboxylic acids is 1. The van der Waals surface area contributed by atoms with Gasteiger partial charge in [0.15, 0.2) is 0 Å². The molecule has 1 amide bonds. The molecule has 0 aromatic heterocycles. The van der Waals surface area contributed by atoms with Crippen LogP contribution in [0.25, 0.3) is 0 Å². The molecule has 0 radical (unpaired) electrons. The topological polar surface area (TPSA) is 86.7 Å². The van der Waals surface area contributed by atoms with Crippen molar-refractivity contribution >= 4 is 31.9 Å². The van der Waals surface area contributed by atoms with Gasteiger partial charge in [-0.25, -0.2) is 12.7 Å². The van der Waals surface area contributed by atoms with Gasteiger partial charge in [-0.1, -0.05) is 0 Å². The first-order chi connectivity index (χ1) is 10.7. The third-order valence-corrected chi connectivity index (χ3v) is 5.95.